The van der Waals surface area contributed by atoms with E-state index in [2.05, 4.69) is 24.4 Å². The third-order valence-corrected chi connectivity index (χ3v) is 1.99. The van der Waals surface area contributed by atoms with Crippen LogP contribution >= 0.6 is 0 Å². The molecule has 0 fully saturated rings. The van der Waals surface area contributed by atoms with Crippen LogP contribution in [-0.4, -0.2) is 37.0 Å². The van der Waals surface area contributed by atoms with E-state index >= 15 is 0 Å². The first-order valence-corrected chi connectivity index (χ1v) is 7.98. The predicted molar refractivity (Wildman–Crippen MR) is 105 cm³/mol. The number of rotatable bonds is 3. The van der Waals surface area contributed by atoms with Gasteiger partial charge in [0.1, 0.15) is 5.60 Å². The number of nitrogens with two attached hydrogens (primary N) is 1. The average Bonchev–Trinajstić information content (AvgIpc) is 2.51. The van der Waals surface area contributed by atoms with Crippen LogP contribution in [0.2, 0.25) is 0 Å². The summed E-state index contributed by atoms with van der Waals surface area (Å²) in [5.74, 6) is 0. The zero-order valence-electron chi connectivity index (χ0n) is 15.8. The number of aliphatic hydroxyl groups excluding tert-OH is 1. The lowest BCUT2D eigenvalue weighted by Crippen LogP contribution is -2.33. The Kier molecular flexibility index (Phi) is 27.0. The number of benzene rings is 1. The normalized spacial score (nSPS) is 8.54. The molecule has 0 unspecified atom stereocenters. The van der Waals surface area contributed by atoms with Crippen LogP contribution in [-0.2, 0) is 4.74 Å². The van der Waals surface area contributed by atoms with Gasteiger partial charge < -0.3 is 20.9 Å². The zero-order valence-corrected chi connectivity index (χ0v) is 15.8. The minimum Gasteiger partial charge on any atom is -0.444 e. The smallest absolute Gasteiger partial charge is 0.407 e. The van der Waals surface area contributed by atoms with Gasteiger partial charge in [0.15, 0.2) is 0 Å². The summed E-state index contributed by atoms with van der Waals surface area (Å²) in [7, 11) is 1.00. The van der Waals surface area contributed by atoms with Crippen LogP contribution in [0.1, 0.15) is 54.0 Å². The molecule has 1 aromatic carbocycles. The second-order valence-corrected chi connectivity index (χ2v) is 5.23. The number of carbonyl (C=O) groups is 1. The van der Waals surface area contributed by atoms with Gasteiger partial charge in [-0.05, 0) is 40.7 Å². The molecule has 0 aliphatic rings. The van der Waals surface area contributed by atoms with E-state index in [0.29, 0.717) is 13.1 Å². The van der Waals surface area contributed by atoms with Crippen LogP contribution in [0.25, 0.3) is 0 Å². The lowest BCUT2D eigenvalue weighted by atomic mass is 10.2. The third kappa shape index (κ3) is 28.6. The van der Waals surface area contributed by atoms with E-state index in [-0.39, 0.29) is 13.5 Å². The fraction of sp³-hybridized carbons (Fsp3) is 0.632. The Bertz CT molecular complexity index is 349. The number of amides is 1. The summed E-state index contributed by atoms with van der Waals surface area (Å²) in [6.07, 6.45) is 0.398. The Hall–Kier alpha value is -1.59. The molecule has 4 N–H and O–H groups in total. The van der Waals surface area contributed by atoms with Crippen molar-refractivity contribution in [2.45, 2.75) is 61.0 Å². The minimum atomic E-state index is -0.424. The highest BCUT2D eigenvalue weighted by molar-refractivity contribution is 5.67. The summed E-state index contributed by atoms with van der Waals surface area (Å²) in [4.78, 5) is 11.0. The molecule has 0 atom stereocenters. The molecule has 0 spiro atoms. The SMILES string of the molecule is C.CC.CC(C)(C)OC(=O)NCCCN.CO.Cc1ccccc1. The topological polar surface area (TPSA) is 84.6 Å². The molecule has 0 heterocycles. The number of ether oxygens (including phenoxy) is 1. The van der Waals surface area contributed by atoms with Crippen LogP contribution in [0.5, 0.6) is 0 Å². The molecule has 0 aromatic heterocycles. The van der Waals surface area contributed by atoms with Crippen LogP contribution in [0.3, 0.4) is 0 Å². The highest BCUT2D eigenvalue weighted by atomic mass is 16.6. The van der Waals surface area contributed by atoms with E-state index < -0.39 is 5.60 Å². The molecule has 24 heavy (non-hydrogen) atoms. The maximum Gasteiger partial charge on any atom is 0.407 e. The van der Waals surface area contributed by atoms with E-state index in [4.69, 9.17) is 15.6 Å². The van der Waals surface area contributed by atoms with Crippen molar-refractivity contribution in [2.24, 2.45) is 5.73 Å². The van der Waals surface area contributed by atoms with Gasteiger partial charge in [0.05, 0.1) is 0 Å². The standard InChI is InChI=1S/C8H18N2O2.C7H8.C2H6.CH4O.CH4/c1-8(2,3)12-7(11)10-6-4-5-9;1-7-5-3-2-4-6-7;2*1-2;/h4-6,9H2,1-3H3,(H,10,11);2-6H,1H3;1-2H3;2H,1H3;1H4. The van der Waals surface area contributed by atoms with Crippen LogP contribution in [0.15, 0.2) is 30.3 Å². The molecule has 0 aliphatic heterocycles. The number of carbonyl (C=O) groups excluding carboxylic acids is 1. The largest absolute Gasteiger partial charge is 0.444 e. The number of hydrogen-bond donors (Lipinski definition) is 3. The number of alkyl carbamates (subject to hydrolysis) is 1. The molecule has 0 saturated heterocycles. The molecule has 1 aromatic rings. The van der Waals surface area contributed by atoms with Gasteiger partial charge in [-0.15, -0.1) is 0 Å². The Morgan fingerprint density at radius 3 is 1.92 bits per heavy atom. The zero-order chi connectivity index (χ0) is 18.7. The van der Waals surface area contributed by atoms with Crippen LogP contribution in [0.4, 0.5) is 4.79 Å². The Morgan fingerprint density at radius 2 is 1.62 bits per heavy atom. The van der Waals surface area contributed by atoms with Gasteiger partial charge in [0, 0.05) is 13.7 Å². The van der Waals surface area contributed by atoms with E-state index in [1.165, 1.54) is 5.56 Å². The summed E-state index contributed by atoms with van der Waals surface area (Å²) >= 11 is 0. The summed E-state index contributed by atoms with van der Waals surface area (Å²) in [6, 6.07) is 10.3. The molecule has 5 heteroatoms. The Balaban J connectivity index is -0.000000142. The van der Waals surface area contributed by atoms with Gasteiger partial charge >= 0.3 is 6.09 Å². The second kappa shape index (κ2) is 21.4. The average molecular weight is 345 g/mol. The fourth-order valence-electron chi connectivity index (χ4n) is 1.14. The summed E-state index contributed by atoms with van der Waals surface area (Å²) in [5, 5.41) is 9.60. The third-order valence-electron chi connectivity index (χ3n) is 1.99. The van der Waals surface area contributed by atoms with Crippen molar-refractivity contribution in [1.29, 1.82) is 0 Å². The lowest BCUT2D eigenvalue weighted by Gasteiger charge is -2.19. The molecule has 0 saturated carbocycles. The maximum absolute atomic E-state index is 11.0. The van der Waals surface area contributed by atoms with Gasteiger partial charge in [-0.3, -0.25) is 0 Å². The molecule has 1 amide bonds. The Labute approximate surface area is 149 Å². The van der Waals surface area contributed by atoms with Crippen molar-refractivity contribution in [3.05, 3.63) is 35.9 Å². The molecule has 5 nitrogen and oxygen atoms in total. The number of aryl methyl sites for hydroxylation is 1. The highest BCUT2D eigenvalue weighted by Crippen LogP contribution is 2.06. The summed E-state index contributed by atoms with van der Waals surface area (Å²) < 4.78 is 4.99. The monoisotopic (exact) mass is 344 g/mol. The molecular weight excluding hydrogens is 304 g/mol. The van der Waals surface area contributed by atoms with E-state index in [1.54, 1.807) is 0 Å². The van der Waals surface area contributed by atoms with Crippen molar-refractivity contribution in [3.63, 3.8) is 0 Å². The Morgan fingerprint density at radius 1 is 1.17 bits per heavy atom. The van der Waals surface area contributed by atoms with Crippen molar-refractivity contribution in [3.8, 4) is 0 Å². The van der Waals surface area contributed by atoms with Crippen molar-refractivity contribution >= 4 is 6.09 Å². The molecule has 0 aliphatic carbocycles. The molecule has 0 radical (unpaired) electrons. The van der Waals surface area contributed by atoms with Crippen LogP contribution < -0.4 is 11.1 Å². The van der Waals surface area contributed by atoms with Gasteiger partial charge in [0.2, 0.25) is 0 Å². The number of hydrogen-bond acceptors (Lipinski definition) is 4. The molecule has 144 valence electrons. The maximum atomic E-state index is 11.0. The highest BCUT2D eigenvalue weighted by Gasteiger charge is 2.14. The second-order valence-electron chi connectivity index (χ2n) is 5.23. The number of nitrogens with one attached hydrogen (secondary N) is 1. The fourth-order valence-corrected chi connectivity index (χ4v) is 1.14. The van der Waals surface area contributed by atoms with E-state index in [9.17, 15) is 4.79 Å². The first-order valence-electron chi connectivity index (χ1n) is 7.98. The van der Waals surface area contributed by atoms with Gasteiger partial charge in [-0.2, -0.15) is 0 Å². The first-order chi connectivity index (χ1) is 10.8. The van der Waals surface area contributed by atoms with E-state index in [1.807, 2.05) is 52.8 Å². The molecular formula is C19H40N2O3. The lowest BCUT2D eigenvalue weighted by molar-refractivity contribution is 0.0527. The molecule has 0 bridgehead atoms. The van der Waals surface area contributed by atoms with Crippen molar-refractivity contribution in [2.75, 3.05) is 20.2 Å². The van der Waals surface area contributed by atoms with E-state index in [0.717, 1.165) is 13.5 Å². The van der Waals surface area contributed by atoms with Gasteiger partial charge in [-0.1, -0.05) is 57.2 Å². The van der Waals surface area contributed by atoms with Gasteiger partial charge in [0.25, 0.3) is 0 Å². The summed E-state index contributed by atoms with van der Waals surface area (Å²) in [5.41, 5.74) is 6.15. The van der Waals surface area contributed by atoms with Crippen LogP contribution in [0, 0.1) is 6.92 Å². The first kappa shape index (κ1) is 30.3. The minimum absolute atomic E-state index is 0. The van der Waals surface area contributed by atoms with Gasteiger partial charge in [-0.25, -0.2) is 4.79 Å². The quantitative estimate of drug-likeness (QED) is 0.720. The van der Waals surface area contributed by atoms with Crippen molar-refractivity contribution in [1.82, 2.24) is 5.32 Å². The number of aliphatic hydroxyl groups is 1. The predicted octanol–water partition coefficient (Wildman–Crippen LogP) is 4.13. The summed E-state index contributed by atoms with van der Waals surface area (Å²) in [6.45, 7) is 12.7. The molecule has 1 rings (SSSR count). The van der Waals surface area contributed by atoms with Crippen molar-refractivity contribution < 1.29 is 14.6 Å².